The molecule has 0 radical (unpaired) electrons. The summed E-state index contributed by atoms with van der Waals surface area (Å²) in [5, 5.41) is 17.9. The van der Waals surface area contributed by atoms with Crippen molar-refractivity contribution in [3.8, 4) is 12.1 Å². The SMILES string of the molecule is CCCC1CCCC1(C#N)C#N. The van der Waals surface area contributed by atoms with Crippen molar-refractivity contribution in [3.63, 3.8) is 0 Å². The van der Waals surface area contributed by atoms with Gasteiger partial charge in [0.15, 0.2) is 0 Å². The number of nitrogens with zero attached hydrogens (tertiary/aromatic N) is 2. The summed E-state index contributed by atoms with van der Waals surface area (Å²) < 4.78 is 0. The fourth-order valence-electron chi connectivity index (χ4n) is 2.14. The summed E-state index contributed by atoms with van der Waals surface area (Å²) in [5.41, 5.74) is -0.643. The molecule has 1 aliphatic carbocycles. The highest BCUT2D eigenvalue weighted by Crippen LogP contribution is 2.44. The first-order valence-corrected chi connectivity index (χ1v) is 4.61. The highest BCUT2D eigenvalue weighted by Gasteiger charge is 2.42. The molecular formula is C10H14N2. The van der Waals surface area contributed by atoms with Gasteiger partial charge in [-0.3, -0.25) is 0 Å². The van der Waals surface area contributed by atoms with Crippen LogP contribution in [0.3, 0.4) is 0 Å². The van der Waals surface area contributed by atoms with E-state index in [0.717, 1.165) is 32.1 Å². The Hall–Kier alpha value is -1.02. The molecule has 0 saturated heterocycles. The number of hydrogen-bond acceptors (Lipinski definition) is 2. The zero-order valence-electron chi connectivity index (χ0n) is 7.51. The fraction of sp³-hybridized carbons (Fsp3) is 0.800. The van der Waals surface area contributed by atoms with Gasteiger partial charge in [-0.2, -0.15) is 10.5 Å². The molecule has 64 valence electrons. The molecule has 2 nitrogen and oxygen atoms in total. The molecule has 0 aromatic carbocycles. The van der Waals surface area contributed by atoms with Gasteiger partial charge in [-0.25, -0.2) is 0 Å². The second kappa shape index (κ2) is 3.59. The summed E-state index contributed by atoms with van der Waals surface area (Å²) in [6.45, 7) is 2.11. The number of hydrogen-bond donors (Lipinski definition) is 0. The molecule has 0 bridgehead atoms. The molecule has 0 aliphatic heterocycles. The van der Waals surface area contributed by atoms with Gasteiger partial charge in [0.2, 0.25) is 0 Å². The van der Waals surface area contributed by atoms with Crippen LogP contribution >= 0.6 is 0 Å². The minimum absolute atomic E-state index is 0.331. The molecule has 2 heteroatoms. The minimum Gasteiger partial charge on any atom is -0.197 e. The van der Waals surface area contributed by atoms with E-state index in [0.29, 0.717) is 5.92 Å². The van der Waals surface area contributed by atoms with E-state index in [9.17, 15) is 0 Å². The van der Waals surface area contributed by atoms with E-state index in [2.05, 4.69) is 19.1 Å². The predicted octanol–water partition coefficient (Wildman–Crippen LogP) is 2.62. The van der Waals surface area contributed by atoms with Crippen LogP contribution in [0.1, 0.15) is 39.0 Å². The Kier molecular flexibility index (Phi) is 2.71. The Bertz CT molecular complexity index is 217. The lowest BCUT2D eigenvalue weighted by Crippen LogP contribution is -2.21. The molecule has 1 saturated carbocycles. The molecular weight excluding hydrogens is 148 g/mol. The van der Waals surface area contributed by atoms with Crippen molar-refractivity contribution < 1.29 is 0 Å². The topological polar surface area (TPSA) is 47.6 Å². The Morgan fingerprint density at radius 1 is 1.42 bits per heavy atom. The smallest absolute Gasteiger partial charge is 0.146 e. The Morgan fingerprint density at radius 3 is 2.58 bits per heavy atom. The monoisotopic (exact) mass is 162 g/mol. The predicted molar refractivity (Wildman–Crippen MR) is 45.9 cm³/mol. The van der Waals surface area contributed by atoms with Gasteiger partial charge in [0.1, 0.15) is 5.41 Å². The quantitative estimate of drug-likeness (QED) is 0.626. The molecule has 1 aliphatic rings. The molecule has 0 heterocycles. The van der Waals surface area contributed by atoms with E-state index in [1.807, 2.05) is 0 Å². The Labute approximate surface area is 73.8 Å². The van der Waals surface area contributed by atoms with E-state index in [1.54, 1.807) is 0 Å². The third-order valence-electron chi connectivity index (χ3n) is 2.86. The first-order valence-electron chi connectivity index (χ1n) is 4.61. The van der Waals surface area contributed by atoms with Crippen LogP contribution in [0.25, 0.3) is 0 Å². The molecule has 0 aromatic rings. The summed E-state index contributed by atoms with van der Waals surface area (Å²) >= 11 is 0. The van der Waals surface area contributed by atoms with Gasteiger partial charge in [-0.1, -0.05) is 19.8 Å². The number of rotatable bonds is 2. The van der Waals surface area contributed by atoms with Crippen LogP contribution in [-0.2, 0) is 0 Å². The summed E-state index contributed by atoms with van der Waals surface area (Å²) in [6.07, 6.45) is 5.00. The van der Waals surface area contributed by atoms with Crippen LogP contribution in [0.15, 0.2) is 0 Å². The van der Waals surface area contributed by atoms with Gasteiger partial charge >= 0.3 is 0 Å². The van der Waals surface area contributed by atoms with Gasteiger partial charge in [-0.05, 0) is 25.2 Å². The highest BCUT2D eigenvalue weighted by atomic mass is 14.5. The van der Waals surface area contributed by atoms with Crippen molar-refractivity contribution >= 4 is 0 Å². The van der Waals surface area contributed by atoms with Gasteiger partial charge in [0.25, 0.3) is 0 Å². The lowest BCUT2D eigenvalue weighted by atomic mass is 9.78. The van der Waals surface area contributed by atoms with Gasteiger partial charge < -0.3 is 0 Å². The molecule has 1 fully saturated rings. The van der Waals surface area contributed by atoms with Crippen molar-refractivity contribution in [2.24, 2.45) is 11.3 Å². The maximum atomic E-state index is 8.94. The molecule has 12 heavy (non-hydrogen) atoms. The molecule has 1 unspecified atom stereocenters. The van der Waals surface area contributed by atoms with Crippen LogP contribution in [0.2, 0.25) is 0 Å². The maximum absolute atomic E-state index is 8.94. The molecule has 0 amide bonds. The molecule has 0 N–H and O–H groups in total. The first kappa shape index (κ1) is 9.07. The summed E-state index contributed by atoms with van der Waals surface area (Å²) in [5.74, 6) is 0.331. The third kappa shape index (κ3) is 1.30. The fourth-order valence-corrected chi connectivity index (χ4v) is 2.14. The second-order valence-corrected chi connectivity index (χ2v) is 3.57. The van der Waals surface area contributed by atoms with E-state index >= 15 is 0 Å². The van der Waals surface area contributed by atoms with E-state index < -0.39 is 5.41 Å². The van der Waals surface area contributed by atoms with Crippen LogP contribution in [-0.4, -0.2) is 0 Å². The zero-order valence-corrected chi connectivity index (χ0v) is 7.51. The average molecular weight is 162 g/mol. The van der Waals surface area contributed by atoms with Crippen molar-refractivity contribution in [2.75, 3.05) is 0 Å². The molecule has 0 spiro atoms. The summed E-state index contributed by atoms with van der Waals surface area (Å²) in [6, 6.07) is 4.40. The number of nitriles is 2. The van der Waals surface area contributed by atoms with E-state index in [4.69, 9.17) is 10.5 Å². The van der Waals surface area contributed by atoms with Gasteiger partial charge in [-0.15, -0.1) is 0 Å². The molecule has 1 rings (SSSR count). The van der Waals surface area contributed by atoms with Crippen molar-refractivity contribution in [1.29, 1.82) is 10.5 Å². The standard InChI is InChI=1S/C10H14N2/c1-2-4-9-5-3-6-10(9,7-11)8-12/h9H,2-6H2,1H3. The molecule has 0 aromatic heterocycles. The highest BCUT2D eigenvalue weighted by molar-refractivity contribution is 5.18. The Morgan fingerprint density at radius 2 is 2.08 bits per heavy atom. The van der Waals surface area contributed by atoms with E-state index in [1.165, 1.54) is 0 Å². The lowest BCUT2D eigenvalue weighted by Gasteiger charge is -2.19. The van der Waals surface area contributed by atoms with Crippen LogP contribution in [0.4, 0.5) is 0 Å². The second-order valence-electron chi connectivity index (χ2n) is 3.57. The molecule has 1 atom stereocenters. The maximum Gasteiger partial charge on any atom is 0.146 e. The first-order chi connectivity index (χ1) is 5.79. The lowest BCUT2D eigenvalue weighted by molar-refractivity contribution is 0.348. The van der Waals surface area contributed by atoms with Crippen molar-refractivity contribution in [3.05, 3.63) is 0 Å². The summed E-state index contributed by atoms with van der Waals surface area (Å²) in [7, 11) is 0. The van der Waals surface area contributed by atoms with Crippen LogP contribution in [0.5, 0.6) is 0 Å². The van der Waals surface area contributed by atoms with Gasteiger partial charge in [0, 0.05) is 0 Å². The van der Waals surface area contributed by atoms with Crippen molar-refractivity contribution in [2.45, 2.75) is 39.0 Å². The zero-order chi connectivity index (χ0) is 9.03. The van der Waals surface area contributed by atoms with Crippen LogP contribution in [0, 0.1) is 34.0 Å². The van der Waals surface area contributed by atoms with Crippen LogP contribution < -0.4 is 0 Å². The Balaban J connectivity index is 2.76. The van der Waals surface area contributed by atoms with Crippen molar-refractivity contribution in [1.82, 2.24) is 0 Å². The third-order valence-corrected chi connectivity index (χ3v) is 2.86. The largest absolute Gasteiger partial charge is 0.197 e. The average Bonchev–Trinajstić information content (AvgIpc) is 2.50. The minimum atomic E-state index is -0.643. The van der Waals surface area contributed by atoms with E-state index in [-0.39, 0.29) is 0 Å². The van der Waals surface area contributed by atoms with Gasteiger partial charge in [0.05, 0.1) is 12.1 Å². The summed E-state index contributed by atoms with van der Waals surface area (Å²) in [4.78, 5) is 0. The normalized spacial score (nSPS) is 26.1.